The molecular formula is C26H26N8O2S3. The lowest BCUT2D eigenvalue weighted by molar-refractivity contribution is -0.118. The van der Waals surface area contributed by atoms with Gasteiger partial charge in [0.1, 0.15) is 10.8 Å². The molecule has 1 aromatic carbocycles. The number of anilines is 2. The summed E-state index contributed by atoms with van der Waals surface area (Å²) >= 11 is 3.79. The van der Waals surface area contributed by atoms with Crippen molar-refractivity contribution in [3.8, 4) is 6.07 Å². The van der Waals surface area contributed by atoms with Gasteiger partial charge in [0, 0.05) is 17.7 Å². The Hall–Kier alpha value is -3.60. The smallest absolute Gasteiger partial charge is 0.236 e. The number of aromatic nitrogens is 4. The quantitative estimate of drug-likeness (QED) is 0.395. The molecular weight excluding hydrogens is 553 g/mol. The van der Waals surface area contributed by atoms with Gasteiger partial charge in [0.2, 0.25) is 16.2 Å². The van der Waals surface area contributed by atoms with E-state index in [0.717, 1.165) is 21.8 Å². The molecule has 0 saturated heterocycles. The van der Waals surface area contributed by atoms with Crippen LogP contribution in [-0.2, 0) is 9.59 Å². The van der Waals surface area contributed by atoms with Gasteiger partial charge in [-0.3, -0.25) is 19.8 Å². The monoisotopic (exact) mass is 578 g/mol. The fraction of sp³-hybridized carbons (Fsp3) is 0.346. The summed E-state index contributed by atoms with van der Waals surface area (Å²) < 4.78 is 0.560. The lowest BCUT2D eigenvalue weighted by Gasteiger charge is -2.42. The largest absolute Gasteiger partial charge is 0.384 e. The van der Waals surface area contributed by atoms with Gasteiger partial charge in [-0.2, -0.15) is 5.26 Å². The van der Waals surface area contributed by atoms with E-state index in [2.05, 4.69) is 45.6 Å². The average Bonchev–Trinajstić information content (AvgIpc) is 3.50. The summed E-state index contributed by atoms with van der Waals surface area (Å²) in [4.78, 5) is 27.8. The van der Waals surface area contributed by atoms with Crippen LogP contribution in [0.3, 0.4) is 0 Å². The van der Waals surface area contributed by atoms with Crippen LogP contribution in [0.15, 0.2) is 51.3 Å². The standard InChI is InChI=1S/C26H26N8O2S3/c1-13-7-5-6-8-15(13)20-16(11-27)22(28)34(17-9-26(3,4)10-18(35)21(17)20)24-32-33-25(39-24)37-12-19(36)29-23-31-30-14(2)38-23/h5-8,20H,9-10,12,28H2,1-4H3,(H,29,31,36). The molecule has 2 aliphatic rings. The summed E-state index contributed by atoms with van der Waals surface area (Å²) in [7, 11) is 0. The van der Waals surface area contributed by atoms with E-state index in [0.29, 0.717) is 38.6 Å². The van der Waals surface area contributed by atoms with Gasteiger partial charge in [0.15, 0.2) is 10.1 Å². The maximum Gasteiger partial charge on any atom is 0.236 e. The topological polar surface area (TPSA) is 151 Å². The Morgan fingerprint density at radius 3 is 2.67 bits per heavy atom. The maximum absolute atomic E-state index is 13.7. The zero-order valence-corrected chi connectivity index (χ0v) is 24.3. The zero-order chi connectivity index (χ0) is 27.9. The SMILES string of the molecule is Cc1nnc(NC(=O)CSc2nnc(N3C(N)=C(C#N)C(c4ccccc4C)C4=C3CC(C)(C)CC4=O)s2)s1. The first-order chi connectivity index (χ1) is 18.6. The van der Waals surface area contributed by atoms with Crippen LogP contribution in [0.5, 0.6) is 0 Å². The molecule has 1 unspecified atom stereocenters. The average molecular weight is 579 g/mol. The van der Waals surface area contributed by atoms with Gasteiger partial charge < -0.3 is 5.73 Å². The highest BCUT2D eigenvalue weighted by molar-refractivity contribution is 8.01. The number of aryl methyl sites for hydroxylation is 2. The number of benzene rings is 1. The van der Waals surface area contributed by atoms with E-state index in [-0.39, 0.29) is 28.7 Å². The summed E-state index contributed by atoms with van der Waals surface area (Å²) in [6, 6.07) is 10.1. The van der Waals surface area contributed by atoms with Gasteiger partial charge in [0.25, 0.3) is 0 Å². The highest BCUT2D eigenvalue weighted by atomic mass is 32.2. The summed E-state index contributed by atoms with van der Waals surface area (Å²) in [5.41, 5.74) is 9.93. The molecule has 0 fully saturated rings. The molecule has 200 valence electrons. The molecule has 3 aromatic rings. The number of hydrogen-bond donors (Lipinski definition) is 2. The van der Waals surface area contributed by atoms with E-state index in [1.165, 1.54) is 34.4 Å². The van der Waals surface area contributed by atoms with Crippen LogP contribution in [0.25, 0.3) is 0 Å². The Morgan fingerprint density at radius 2 is 1.97 bits per heavy atom. The van der Waals surface area contributed by atoms with Crippen LogP contribution >= 0.6 is 34.4 Å². The first-order valence-corrected chi connectivity index (χ1v) is 14.8. The molecule has 5 rings (SSSR count). The minimum absolute atomic E-state index is 0.00227. The van der Waals surface area contributed by atoms with E-state index in [9.17, 15) is 14.9 Å². The van der Waals surface area contributed by atoms with E-state index in [1.807, 2.05) is 38.1 Å². The molecule has 0 radical (unpaired) electrons. The number of Topliss-reactive ketones (excluding diaryl/α,β-unsaturated/α-hetero) is 1. The molecule has 3 N–H and O–H groups in total. The highest BCUT2D eigenvalue weighted by Crippen LogP contribution is 2.51. The molecule has 13 heteroatoms. The first-order valence-electron chi connectivity index (χ1n) is 12.2. The van der Waals surface area contributed by atoms with Crippen molar-refractivity contribution in [1.29, 1.82) is 5.26 Å². The van der Waals surface area contributed by atoms with Gasteiger partial charge in [-0.05, 0) is 36.8 Å². The van der Waals surface area contributed by atoms with Gasteiger partial charge >= 0.3 is 0 Å². The first kappa shape index (κ1) is 27.0. The Balaban J connectivity index is 1.49. The third-order valence-corrected chi connectivity index (χ3v) is 9.36. The Kier molecular flexibility index (Phi) is 7.28. The van der Waals surface area contributed by atoms with Gasteiger partial charge in [0.05, 0.1) is 23.3 Å². The van der Waals surface area contributed by atoms with E-state index < -0.39 is 5.92 Å². The Morgan fingerprint density at radius 1 is 1.21 bits per heavy atom. The van der Waals surface area contributed by atoms with Crippen molar-refractivity contribution >= 4 is 56.4 Å². The summed E-state index contributed by atoms with van der Waals surface area (Å²) in [6.07, 6.45) is 0.961. The Bertz CT molecular complexity index is 1580. The fourth-order valence-electron chi connectivity index (χ4n) is 4.93. The molecule has 1 atom stereocenters. The number of nitriles is 1. The second-order valence-electron chi connectivity index (χ2n) is 10.2. The van der Waals surface area contributed by atoms with Crippen molar-refractivity contribution in [2.75, 3.05) is 16.0 Å². The highest BCUT2D eigenvalue weighted by Gasteiger charge is 2.45. The number of allylic oxidation sites excluding steroid dienone is 3. The second-order valence-corrected chi connectivity index (χ2v) is 13.5. The van der Waals surface area contributed by atoms with Gasteiger partial charge in [-0.25, -0.2) is 0 Å². The molecule has 0 bridgehead atoms. The minimum atomic E-state index is -0.541. The molecule has 1 aliphatic carbocycles. The van der Waals surface area contributed by atoms with Crippen molar-refractivity contribution in [3.63, 3.8) is 0 Å². The minimum Gasteiger partial charge on any atom is -0.384 e. The van der Waals surface area contributed by atoms with E-state index >= 15 is 0 Å². The lowest BCUT2D eigenvalue weighted by atomic mass is 9.68. The van der Waals surface area contributed by atoms with Crippen LogP contribution < -0.4 is 16.0 Å². The van der Waals surface area contributed by atoms with Crippen molar-refractivity contribution in [2.24, 2.45) is 11.1 Å². The number of hydrogen-bond acceptors (Lipinski definition) is 12. The molecule has 0 saturated carbocycles. The number of nitrogens with one attached hydrogen (secondary N) is 1. The third kappa shape index (κ3) is 5.32. The number of carbonyl (C=O) groups excluding carboxylic acids is 2. The number of rotatable bonds is 6. The van der Waals surface area contributed by atoms with Crippen molar-refractivity contribution in [2.45, 2.75) is 50.8 Å². The second kappa shape index (κ2) is 10.5. The lowest BCUT2D eigenvalue weighted by Crippen LogP contribution is -2.42. The van der Waals surface area contributed by atoms with Crippen molar-refractivity contribution < 1.29 is 9.59 Å². The van der Waals surface area contributed by atoms with Crippen LogP contribution in [0, 0.1) is 30.6 Å². The van der Waals surface area contributed by atoms with Crippen molar-refractivity contribution in [1.82, 2.24) is 20.4 Å². The van der Waals surface area contributed by atoms with Crippen LogP contribution in [0.4, 0.5) is 10.3 Å². The molecule has 3 heterocycles. The fourth-order valence-corrected chi connectivity index (χ4v) is 7.22. The van der Waals surface area contributed by atoms with Crippen LogP contribution in [-0.4, -0.2) is 37.8 Å². The van der Waals surface area contributed by atoms with Crippen molar-refractivity contribution in [3.05, 3.63) is 63.1 Å². The van der Waals surface area contributed by atoms with Crippen LogP contribution in [0.1, 0.15) is 48.7 Å². The van der Waals surface area contributed by atoms with E-state index in [1.54, 1.807) is 4.90 Å². The number of nitrogens with zero attached hydrogens (tertiary/aromatic N) is 6. The number of nitrogens with two attached hydrogens (primary N) is 1. The molecule has 1 amide bonds. The predicted molar refractivity (Wildman–Crippen MR) is 152 cm³/mol. The molecule has 10 nitrogen and oxygen atoms in total. The molecule has 0 spiro atoms. The number of ketones is 1. The number of amides is 1. The predicted octanol–water partition coefficient (Wildman–Crippen LogP) is 4.68. The number of carbonyl (C=O) groups is 2. The van der Waals surface area contributed by atoms with Gasteiger partial charge in [-0.1, -0.05) is 72.5 Å². The Labute approximate surface area is 238 Å². The van der Waals surface area contributed by atoms with Crippen LogP contribution in [0.2, 0.25) is 0 Å². The molecule has 39 heavy (non-hydrogen) atoms. The summed E-state index contributed by atoms with van der Waals surface area (Å²) in [5.74, 6) is -0.422. The summed E-state index contributed by atoms with van der Waals surface area (Å²) in [5, 5.41) is 31.1. The maximum atomic E-state index is 13.7. The zero-order valence-electron chi connectivity index (χ0n) is 21.8. The van der Waals surface area contributed by atoms with Gasteiger partial charge in [-0.15, -0.1) is 20.4 Å². The molecule has 1 aliphatic heterocycles. The normalized spacial score (nSPS) is 18.7. The summed E-state index contributed by atoms with van der Waals surface area (Å²) in [6.45, 7) is 7.89. The number of thioether (sulfide) groups is 1. The third-order valence-electron chi connectivity index (χ3n) is 6.57. The molecule has 2 aromatic heterocycles. The van der Waals surface area contributed by atoms with E-state index in [4.69, 9.17) is 5.73 Å².